The minimum atomic E-state index is 0.601. The van der Waals surface area contributed by atoms with Crippen LogP contribution in [0.15, 0.2) is 24.3 Å². The molecule has 2 nitrogen and oxygen atoms in total. The Balaban J connectivity index is 1.13. The Morgan fingerprint density at radius 2 is 0.758 bits per heavy atom. The largest absolute Gasteiger partial charge is 0.488 e. The molecule has 8 rings (SSSR count). The maximum Gasteiger partial charge on any atom is 0.128 e. The zero-order valence-electron chi connectivity index (χ0n) is 41.0. The summed E-state index contributed by atoms with van der Waals surface area (Å²) in [5, 5.41) is 0. The van der Waals surface area contributed by atoms with Gasteiger partial charge in [-0.2, -0.15) is 0 Å². The molecule has 0 spiro atoms. The van der Waals surface area contributed by atoms with E-state index in [1.165, 1.54) is 192 Å². The van der Waals surface area contributed by atoms with Gasteiger partial charge in [-0.25, -0.2) is 0 Å². The van der Waals surface area contributed by atoms with Crippen LogP contribution in [0.3, 0.4) is 0 Å². The summed E-state index contributed by atoms with van der Waals surface area (Å²) in [4.78, 5) is 0. The third-order valence-corrected chi connectivity index (χ3v) is 17.6. The molecule has 4 aromatic rings. The molecule has 0 amide bonds. The Kier molecular flexibility index (Phi) is 14.3. The molecule has 0 aliphatic heterocycles. The van der Waals surface area contributed by atoms with E-state index in [-0.39, 0.29) is 0 Å². The Morgan fingerprint density at radius 1 is 0.419 bits per heavy atom. The molecule has 2 fully saturated rings. The van der Waals surface area contributed by atoms with Crippen LogP contribution in [-0.2, 0) is 38.9 Å². The quantitative estimate of drug-likeness (QED) is 0.134. The lowest BCUT2D eigenvalue weighted by atomic mass is 9.73. The highest BCUT2D eigenvalue weighted by molar-refractivity contribution is 5.84. The van der Waals surface area contributed by atoms with Crippen LogP contribution in [0.5, 0.6) is 11.5 Å². The molecule has 2 saturated carbocycles. The van der Waals surface area contributed by atoms with E-state index in [2.05, 4.69) is 93.5 Å². The maximum absolute atomic E-state index is 7.26. The van der Waals surface area contributed by atoms with Gasteiger partial charge in [0.15, 0.2) is 0 Å². The molecule has 4 aromatic carbocycles. The molecule has 0 radical (unpaired) electrons. The Bertz CT molecular complexity index is 2020. The first-order chi connectivity index (χ1) is 30.0. The van der Waals surface area contributed by atoms with Crippen LogP contribution in [-0.4, -0.2) is 0 Å². The fourth-order valence-electron chi connectivity index (χ4n) is 13.5. The number of hydrogen-bond donors (Lipinski definition) is 0. The number of rotatable bonds is 13. The maximum atomic E-state index is 7.26. The van der Waals surface area contributed by atoms with Gasteiger partial charge in [-0.3, -0.25) is 0 Å². The summed E-state index contributed by atoms with van der Waals surface area (Å²) in [6, 6.07) is 9.45. The van der Waals surface area contributed by atoms with Gasteiger partial charge < -0.3 is 9.47 Å². The van der Waals surface area contributed by atoms with Gasteiger partial charge in [0.05, 0.1) is 0 Å². The Hall–Kier alpha value is -3.52. The van der Waals surface area contributed by atoms with Gasteiger partial charge in [-0.1, -0.05) is 51.7 Å². The number of hydrogen-bond acceptors (Lipinski definition) is 2. The third-order valence-electron chi connectivity index (χ3n) is 17.6. The van der Waals surface area contributed by atoms with Crippen molar-refractivity contribution in [1.29, 1.82) is 0 Å². The van der Waals surface area contributed by atoms with E-state index in [1.807, 2.05) is 0 Å². The van der Waals surface area contributed by atoms with Crippen LogP contribution in [0.4, 0.5) is 0 Å². The van der Waals surface area contributed by atoms with E-state index in [0.717, 1.165) is 49.0 Å². The molecule has 0 saturated heterocycles. The molecule has 0 aromatic heterocycles. The van der Waals surface area contributed by atoms with Crippen LogP contribution in [0, 0.1) is 67.2 Å². The smallest absolute Gasteiger partial charge is 0.128 e. The third kappa shape index (κ3) is 8.81. The second kappa shape index (κ2) is 19.7. The standard InChI is InChI=1S/C60H82O2/c1-11-17-45-23-27-49(28-24-45)57-41(7)37(3)53(38(4)42(57)8)35-61-55-33-31-47-19-13-15-21-51(47)59(55)60-52-22-16-14-20-48(52)32-34-56(60)62-36-54-39(5)43(9)58(44(10)40(54)6)50-29-25-46(18-12-2)26-30-50/h31-34,45-46,49-50H,11-30,35-36H2,1-10H3. The number of benzene rings is 4. The van der Waals surface area contributed by atoms with Crippen LogP contribution < -0.4 is 9.47 Å². The average molecular weight is 835 g/mol. The van der Waals surface area contributed by atoms with Crippen molar-refractivity contribution in [2.45, 2.75) is 223 Å². The second-order valence-corrected chi connectivity index (χ2v) is 20.9. The molecule has 0 heterocycles. The fourth-order valence-corrected chi connectivity index (χ4v) is 13.5. The molecule has 4 aliphatic carbocycles. The lowest BCUT2D eigenvalue weighted by molar-refractivity contribution is 0.299. The van der Waals surface area contributed by atoms with Gasteiger partial charge in [0, 0.05) is 11.1 Å². The molecule has 2 heteroatoms. The highest BCUT2D eigenvalue weighted by Gasteiger charge is 2.31. The van der Waals surface area contributed by atoms with Crippen molar-refractivity contribution < 1.29 is 9.47 Å². The molecule has 0 bridgehead atoms. The monoisotopic (exact) mass is 835 g/mol. The van der Waals surface area contributed by atoms with Gasteiger partial charge in [0.25, 0.3) is 0 Å². The topological polar surface area (TPSA) is 18.5 Å². The normalized spacial score (nSPS) is 21.4. The van der Waals surface area contributed by atoms with E-state index in [0.29, 0.717) is 25.0 Å². The summed E-state index contributed by atoms with van der Waals surface area (Å²) in [6.07, 6.45) is 25.9. The minimum absolute atomic E-state index is 0.601. The van der Waals surface area contributed by atoms with Crippen molar-refractivity contribution in [1.82, 2.24) is 0 Å². The zero-order valence-corrected chi connectivity index (χ0v) is 41.0. The van der Waals surface area contributed by atoms with Gasteiger partial charge in [-0.05, 0) is 283 Å². The van der Waals surface area contributed by atoms with E-state index < -0.39 is 0 Å². The predicted molar refractivity (Wildman–Crippen MR) is 264 cm³/mol. The van der Waals surface area contributed by atoms with Gasteiger partial charge in [0.1, 0.15) is 24.7 Å². The van der Waals surface area contributed by atoms with Crippen LogP contribution in [0.25, 0.3) is 11.1 Å². The van der Waals surface area contributed by atoms with E-state index in [9.17, 15) is 0 Å². The fraction of sp³-hybridized carbons (Fsp3) is 0.600. The van der Waals surface area contributed by atoms with E-state index >= 15 is 0 Å². The molecule has 334 valence electrons. The molecule has 0 atom stereocenters. The summed E-state index contributed by atoms with van der Waals surface area (Å²) < 4.78 is 14.5. The SMILES string of the molecule is CCCC1CCC(c2c(C)c(C)c(COc3ccc4c(c3-c3c(OCc5c(C)c(C)c(C6CCC(CCC)CC6)c(C)c5C)ccc5c3CCCC5)CCCC4)c(C)c2C)CC1. The minimum Gasteiger partial charge on any atom is -0.488 e. The summed E-state index contributed by atoms with van der Waals surface area (Å²) in [5.41, 5.74) is 26.5. The Morgan fingerprint density at radius 3 is 1.10 bits per heavy atom. The Labute approximate surface area is 378 Å². The van der Waals surface area contributed by atoms with Crippen molar-refractivity contribution in [3.63, 3.8) is 0 Å². The van der Waals surface area contributed by atoms with Gasteiger partial charge in [0.2, 0.25) is 0 Å². The van der Waals surface area contributed by atoms with Crippen LogP contribution in [0.2, 0.25) is 0 Å². The van der Waals surface area contributed by atoms with E-state index in [1.54, 1.807) is 11.1 Å². The average Bonchev–Trinajstić information content (AvgIpc) is 3.29. The van der Waals surface area contributed by atoms with Crippen LogP contribution in [0.1, 0.15) is 217 Å². The molecule has 0 unspecified atom stereocenters. The zero-order chi connectivity index (χ0) is 43.7. The second-order valence-electron chi connectivity index (χ2n) is 20.9. The summed E-state index contributed by atoms with van der Waals surface area (Å²) >= 11 is 0. The first kappa shape index (κ1) is 45.1. The predicted octanol–water partition coefficient (Wildman–Crippen LogP) is 16.9. The summed E-state index contributed by atoms with van der Waals surface area (Å²) in [5.74, 6) is 5.32. The molecular weight excluding hydrogens is 753 g/mol. The first-order valence-corrected chi connectivity index (χ1v) is 25.8. The highest BCUT2D eigenvalue weighted by Crippen LogP contribution is 2.49. The van der Waals surface area contributed by atoms with Crippen molar-refractivity contribution in [2.75, 3.05) is 0 Å². The highest BCUT2D eigenvalue weighted by atomic mass is 16.5. The van der Waals surface area contributed by atoms with E-state index in [4.69, 9.17) is 9.47 Å². The van der Waals surface area contributed by atoms with Gasteiger partial charge in [-0.15, -0.1) is 0 Å². The van der Waals surface area contributed by atoms with Crippen LogP contribution >= 0.6 is 0 Å². The lowest BCUT2D eigenvalue weighted by Crippen LogP contribution is -2.17. The molecular formula is C60H82O2. The van der Waals surface area contributed by atoms with Crippen molar-refractivity contribution in [2.24, 2.45) is 11.8 Å². The molecule has 62 heavy (non-hydrogen) atoms. The molecule has 0 N–H and O–H groups in total. The van der Waals surface area contributed by atoms with Crippen molar-refractivity contribution >= 4 is 0 Å². The number of ether oxygens (including phenoxy) is 2. The van der Waals surface area contributed by atoms with Crippen molar-refractivity contribution in [3.8, 4) is 22.6 Å². The number of fused-ring (bicyclic) bond motifs is 2. The lowest BCUT2D eigenvalue weighted by Gasteiger charge is -2.33. The summed E-state index contributed by atoms with van der Waals surface area (Å²) in [7, 11) is 0. The van der Waals surface area contributed by atoms with Gasteiger partial charge >= 0.3 is 0 Å². The first-order valence-electron chi connectivity index (χ1n) is 25.8. The van der Waals surface area contributed by atoms with Crippen molar-refractivity contribution in [3.05, 3.63) is 113 Å². The summed E-state index contributed by atoms with van der Waals surface area (Å²) in [6.45, 7) is 25.0. The number of aryl methyl sites for hydroxylation is 2. The molecule has 4 aliphatic rings.